The second kappa shape index (κ2) is 8.78. The number of aryl methyl sites for hydroxylation is 1. The maximum atomic E-state index is 13.4. The Morgan fingerprint density at radius 1 is 1.10 bits per heavy atom. The van der Waals surface area contributed by atoms with E-state index in [1.165, 1.54) is 6.42 Å². The third kappa shape index (κ3) is 4.51. The highest BCUT2D eigenvalue weighted by molar-refractivity contribution is 6.30. The molecule has 1 aliphatic carbocycles. The highest BCUT2D eigenvalue weighted by Gasteiger charge is 2.29. The molecule has 0 atom stereocenters. The predicted molar refractivity (Wildman–Crippen MR) is 113 cm³/mol. The zero-order valence-electron chi connectivity index (χ0n) is 16.5. The second-order valence-electron chi connectivity index (χ2n) is 7.56. The third-order valence-electron chi connectivity index (χ3n) is 5.53. The van der Waals surface area contributed by atoms with Gasteiger partial charge in [0.2, 0.25) is 11.7 Å². The molecule has 0 saturated heterocycles. The monoisotopic (exact) mass is 409 g/mol. The van der Waals surface area contributed by atoms with Crippen molar-refractivity contribution in [1.29, 1.82) is 0 Å². The first-order valence-electron chi connectivity index (χ1n) is 10.1. The van der Waals surface area contributed by atoms with Crippen molar-refractivity contribution in [2.45, 2.75) is 51.6 Å². The summed E-state index contributed by atoms with van der Waals surface area (Å²) in [5.41, 5.74) is 2.54. The van der Waals surface area contributed by atoms with Crippen LogP contribution in [0, 0.1) is 6.92 Å². The van der Waals surface area contributed by atoms with Gasteiger partial charge >= 0.3 is 0 Å². The summed E-state index contributed by atoms with van der Waals surface area (Å²) in [6, 6.07) is 15.2. The Bertz CT molecular complexity index is 978. The maximum absolute atomic E-state index is 13.4. The summed E-state index contributed by atoms with van der Waals surface area (Å²) in [7, 11) is 0. The summed E-state index contributed by atoms with van der Waals surface area (Å²) in [5, 5.41) is 4.75. The highest BCUT2D eigenvalue weighted by atomic mass is 35.5. The van der Waals surface area contributed by atoms with Crippen LogP contribution < -0.4 is 0 Å². The van der Waals surface area contributed by atoms with Crippen molar-refractivity contribution in [2.75, 3.05) is 0 Å². The summed E-state index contributed by atoms with van der Waals surface area (Å²) in [5.74, 6) is 0.979. The van der Waals surface area contributed by atoms with Crippen molar-refractivity contribution in [3.8, 4) is 11.4 Å². The fraction of sp³-hybridized carbons (Fsp3) is 0.348. The average Bonchev–Trinajstić information content (AvgIpc) is 3.22. The minimum atomic E-state index is 0.0289. The lowest BCUT2D eigenvalue weighted by Crippen LogP contribution is -2.41. The topological polar surface area (TPSA) is 59.2 Å². The molecule has 4 rings (SSSR count). The van der Waals surface area contributed by atoms with Crippen LogP contribution in [0.1, 0.15) is 53.9 Å². The van der Waals surface area contributed by atoms with Crippen LogP contribution in [0.5, 0.6) is 0 Å². The number of carbonyl (C=O) groups is 1. The Kier molecular flexibility index (Phi) is 5.95. The highest BCUT2D eigenvalue weighted by Crippen LogP contribution is 2.27. The van der Waals surface area contributed by atoms with E-state index >= 15 is 0 Å². The van der Waals surface area contributed by atoms with Crippen LogP contribution >= 0.6 is 11.6 Å². The molecular weight excluding hydrogens is 386 g/mol. The van der Waals surface area contributed by atoms with Gasteiger partial charge in [-0.3, -0.25) is 4.79 Å². The SMILES string of the molecule is Cc1ccccc1C(=O)N(Cc1nc(-c2ccc(Cl)cc2)no1)C1CCCCC1. The van der Waals surface area contributed by atoms with Crippen LogP contribution in [0.15, 0.2) is 53.1 Å². The number of aromatic nitrogens is 2. The lowest BCUT2D eigenvalue weighted by molar-refractivity contribution is 0.0585. The van der Waals surface area contributed by atoms with E-state index in [1.54, 1.807) is 12.1 Å². The average molecular weight is 410 g/mol. The number of halogens is 1. The lowest BCUT2D eigenvalue weighted by Gasteiger charge is -2.33. The van der Waals surface area contributed by atoms with Crippen molar-refractivity contribution in [3.63, 3.8) is 0 Å². The van der Waals surface area contributed by atoms with Gasteiger partial charge in [0.15, 0.2) is 0 Å². The standard InChI is InChI=1S/C23H24ClN3O2/c1-16-7-5-6-10-20(16)23(28)27(19-8-3-2-4-9-19)15-21-25-22(26-29-21)17-11-13-18(24)14-12-17/h5-7,10-14,19H,2-4,8-9,15H2,1H3. The molecule has 0 spiro atoms. The number of rotatable bonds is 5. The Morgan fingerprint density at radius 2 is 1.83 bits per heavy atom. The van der Waals surface area contributed by atoms with E-state index in [4.69, 9.17) is 16.1 Å². The van der Waals surface area contributed by atoms with Gasteiger partial charge in [0.1, 0.15) is 6.54 Å². The molecular formula is C23H24ClN3O2. The molecule has 1 aromatic heterocycles. The second-order valence-corrected chi connectivity index (χ2v) is 7.99. The van der Waals surface area contributed by atoms with Gasteiger partial charge in [-0.05, 0) is 55.7 Å². The van der Waals surface area contributed by atoms with E-state index in [0.717, 1.165) is 42.4 Å². The lowest BCUT2D eigenvalue weighted by atomic mass is 9.93. The van der Waals surface area contributed by atoms with E-state index in [9.17, 15) is 4.79 Å². The maximum Gasteiger partial charge on any atom is 0.254 e. The molecule has 29 heavy (non-hydrogen) atoms. The Labute approximate surface area is 175 Å². The van der Waals surface area contributed by atoms with Crippen LogP contribution in [0.25, 0.3) is 11.4 Å². The summed E-state index contributed by atoms with van der Waals surface area (Å²) in [6.45, 7) is 2.29. The molecule has 0 radical (unpaired) electrons. The molecule has 0 bridgehead atoms. The van der Waals surface area contributed by atoms with Gasteiger partial charge in [0.05, 0.1) is 0 Å². The Morgan fingerprint density at radius 3 is 2.55 bits per heavy atom. The molecule has 0 aliphatic heterocycles. The van der Waals surface area contributed by atoms with Gasteiger partial charge in [0, 0.05) is 22.2 Å². The van der Waals surface area contributed by atoms with E-state index < -0.39 is 0 Å². The fourth-order valence-corrected chi connectivity index (χ4v) is 4.03. The molecule has 1 aliphatic rings. The third-order valence-corrected chi connectivity index (χ3v) is 5.78. The van der Waals surface area contributed by atoms with E-state index in [-0.39, 0.29) is 11.9 Å². The van der Waals surface area contributed by atoms with Crippen molar-refractivity contribution < 1.29 is 9.32 Å². The molecule has 0 N–H and O–H groups in total. The minimum absolute atomic E-state index is 0.0289. The zero-order chi connectivity index (χ0) is 20.2. The number of carbonyl (C=O) groups excluding carboxylic acids is 1. The van der Waals surface area contributed by atoms with Crippen molar-refractivity contribution in [3.05, 3.63) is 70.6 Å². The minimum Gasteiger partial charge on any atom is -0.337 e. The molecule has 1 heterocycles. The van der Waals surface area contributed by atoms with Crippen LogP contribution in [-0.4, -0.2) is 27.0 Å². The summed E-state index contributed by atoms with van der Waals surface area (Å²) < 4.78 is 5.50. The molecule has 1 saturated carbocycles. The number of hydrogen-bond donors (Lipinski definition) is 0. The first kappa shape index (κ1) is 19.6. The van der Waals surface area contributed by atoms with Crippen molar-refractivity contribution >= 4 is 17.5 Å². The first-order chi connectivity index (χ1) is 14.1. The molecule has 5 nitrogen and oxygen atoms in total. The van der Waals surface area contributed by atoms with Gasteiger partial charge < -0.3 is 9.42 Å². The van der Waals surface area contributed by atoms with Crippen LogP contribution in [0.4, 0.5) is 0 Å². The van der Waals surface area contributed by atoms with Gasteiger partial charge in [-0.25, -0.2) is 0 Å². The largest absolute Gasteiger partial charge is 0.337 e. The zero-order valence-corrected chi connectivity index (χ0v) is 17.2. The van der Waals surface area contributed by atoms with Gasteiger partial charge in [-0.2, -0.15) is 4.98 Å². The summed E-state index contributed by atoms with van der Waals surface area (Å²) >= 11 is 5.96. The summed E-state index contributed by atoms with van der Waals surface area (Å²) in [4.78, 5) is 19.9. The number of amides is 1. The molecule has 2 aromatic carbocycles. The Balaban J connectivity index is 1.59. The van der Waals surface area contributed by atoms with Gasteiger partial charge in [-0.15, -0.1) is 0 Å². The molecule has 150 valence electrons. The number of hydrogen-bond acceptors (Lipinski definition) is 4. The van der Waals surface area contributed by atoms with E-state index in [0.29, 0.717) is 23.3 Å². The van der Waals surface area contributed by atoms with Gasteiger partial charge in [0.25, 0.3) is 5.91 Å². The van der Waals surface area contributed by atoms with Crippen LogP contribution in [0.3, 0.4) is 0 Å². The smallest absolute Gasteiger partial charge is 0.254 e. The molecule has 1 amide bonds. The first-order valence-corrected chi connectivity index (χ1v) is 10.4. The number of benzene rings is 2. The van der Waals surface area contributed by atoms with E-state index in [2.05, 4.69) is 10.1 Å². The molecule has 0 unspecified atom stereocenters. The van der Waals surface area contributed by atoms with Crippen LogP contribution in [0.2, 0.25) is 5.02 Å². The normalized spacial score (nSPS) is 14.7. The molecule has 1 fully saturated rings. The molecule has 3 aromatic rings. The van der Waals surface area contributed by atoms with Crippen LogP contribution in [-0.2, 0) is 6.54 Å². The Hall–Kier alpha value is -2.66. The van der Waals surface area contributed by atoms with E-state index in [1.807, 2.05) is 48.2 Å². The van der Waals surface area contributed by atoms with Gasteiger partial charge in [-0.1, -0.05) is 54.2 Å². The predicted octanol–water partition coefficient (Wildman–Crippen LogP) is 5.67. The summed E-state index contributed by atoms with van der Waals surface area (Å²) in [6.07, 6.45) is 5.53. The van der Waals surface area contributed by atoms with Crippen molar-refractivity contribution in [1.82, 2.24) is 15.0 Å². The molecule has 6 heteroatoms. The van der Waals surface area contributed by atoms with Crippen molar-refractivity contribution in [2.24, 2.45) is 0 Å². The fourth-order valence-electron chi connectivity index (χ4n) is 3.91. The number of nitrogens with zero attached hydrogens (tertiary/aromatic N) is 3. The quantitative estimate of drug-likeness (QED) is 0.544.